The predicted molar refractivity (Wildman–Crippen MR) is 42.8 cm³/mol. The van der Waals surface area contributed by atoms with Gasteiger partial charge < -0.3 is 4.65 Å². The van der Waals surface area contributed by atoms with Crippen LogP contribution in [0.15, 0.2) is 12.2 Å². The normalized spacial score (nSPS) is 12.9. The van der Waals surface area contributed by atoms with E-state index in [4.69, 9.17) is 4.65 Å². The lowest BCUT2D eigenvalue weighted by Crippen LogP contribution is -2.17. The summed E-state index contributed by atoms with van der Waals surface area (Å²) in [5, 5.41) is 0. The fraction of sp³-hybridized carbons (Fsp3) is 0.714. The molecule has 0 rings (SSSR count). The highest BCUT2D eigenvalue weighted by atomic mass is 16.4. The minimum absolute atomic E-state index is 0.199. The van der Waals surface area contributed by atoms with E-state index in [0.717, 1.165) is 5.57 Å². The quantitative estimate of drug-likeness (QED) is 0.416. The second-order valence-corrected chi connectivity index (χ2v) is 2.67. The van der Waals surface area contributed by atoms with Gasteiger partial charge in [0.15, 0.2) is 0 Å². The van der Waals surface area contributed by atoms with Gasteiger partial charge in [0.2, 0.25) is 0 Å². The van der Waals surface area contributed by atoms with Gasteiger partial charge in [-0.15, -0.1) is 0 Å². The van der Waals surface area contributed by atoms with Crippen LogP contribution >= 0.6 is 0 Å². The van der Waals surface area contributed by atoms with Crippen molar-refractivity contribution in [3.8, 4) is 0 Å². The van der Waals surface area contributed by atoms with Crippen LogP contribution < -0.4 is 0 Å². The molecule has 1 atom stereocenters. The third-order valence-electron chi connectivity index (χ3n) is 1.17. The first-order valence-electron chi connectivity index (χ1n) is 3.35. The Morgan fingerprint density at radius 3 is 2.11 bits per heavy atom. The average Bonchev–Trinajstić information content (AvgIpc) is 1.63. The molecule has 0 bridgehead atoms. The molecular weight excluding hydrogens is 111 g/mol. The van der Waals surface area contributed by atoms with E-state index in [2.05, 4.69) is 6.58 Å². The maximum Gasteiger partial charge on any atom is 0.287 e. The molecule has 9 heavy (non-hydrogen) atoms. The van der Waals surface area contributed by atoms with Crippen LogP contribution in [0.25, 0.3) is 0 Å². The Morgan fingerprint density at radius 2 is 2.00 bits per heavy atom. The van der Waals surface area contributed by atoms with Crippen molar-refractivity contribution in [1.82, 2.24) is 0 Å². The van der Waals surface area contributed by atoms with Gasteiger partial charge in [-0.3, -0.25) is 0 Å². The van der Waals surface area contributed by atoms with Gasteiger partial charge in [-0.05, 0) is 13.8 Å². The van der Waals surface area contributed by atoms with Gasteiger partial charge in [0, 0.05) is 0 Å². The Bertz CT molecular complexity index is 99.1. The SMILES string of the molecule is C=C(C)C(C)OB(C)C. The molecule has 0 radical (unpaired) electrons. The fourth-order valence-electron chi connectivity index (χ4n) is 0.524. The molecule has 0 aromatic rings. The van der Waals surface area contributed by atoms with Gasteiger partial charge in [-0.1, -0.05) is 25.8 Å². The van der Waals surface area contributed by atoms with Gasteiger partial charge in [-0.25, -0.2) is 0 Å². The maximum absolute atomic E-state index is 5.41. The molecule has 1 nitrogen and oxygen atoms in total. The molecule has 1 unspecified atom stereocenters. The summed E-state index contributed by atoms with van der Waals surface area (Å²) in [6, 6.07) is 0. The summed E-state index contributed by atoms with van der Waals surface area (Å²) in [7, 11) is 0. The summed E-state index contributed by atoms with van der Waals surface area (Å²) in [5.74, 6) is 0. The number of rotatable bonds is 3. The zero-order valence-electron chi connectivity index (χ0n) is 6.77. The van der Waals surface area contributed by atoms with Crippen LogP contribution in [0.5, 0.6) is 0 Å². The van der Waals surface area contributed by atoms with Crippen molar-refractivity contribution in [2.75, 3.05) is 0 Å². The van der Waals surface area contributed by atoms with Crippen molar-refractivity contribution >= 4 is 6.92 Å². The molecule has 0 fully saturated rings. The van der Waals surface area contributed by atoms with Crippen LogP contribution in [0, 0.1) is 0 Å². The van der Waals surface area contributed by atoms with E-state index in [9.17, 15) is 0 Å². The van der Waals surface area contributed by atoms with Crippen LogP contribution in [0.4, 0.5) is 0 Å². The van der Waals surface area contributed by atoms with Crippen LogP contribution in [0.2, 0.25) is 13.6 Å². The number of hydrogen-bond donors (Lipinski definition) is 0. The highest BCUT2D eigenvalue weighted by Gasteiger charge is 2.06. The maximum atomic E-state index is 5.41. The molecule has 0 aliphatic carbocycles. The third kappa shape index (κ3) is 4.28. The summed E-state index contributed by atoms with van der Waals surface area (Å²) < 4.78 is 5.41. The third-order valence-corrected chi connectivity index (χ3v) is 1.17. The Hall–Kier alpha value is -0.235. The van der Waals surface area contributed by atoms with Gasteiger partial charge in [-0.2, -0.15) is 0 Å². The minimum Gasteiger partial charge on any atom is -0.431 e. The van der Waals surface area contributed by atoms with E-state index in [1.54, 1.807) is 0 Å². The van der Waals surface area contributed by atoms with E-state index >= 15 is 0 Å². The van der Waals surface area contributed by atoms with Gasteiger partial charge in [0.25, 0.3) is 6.92 Å². The molecule has 0 heterocycles. The topological polar surface area (TPSA) is 9.23 Å². The predicted octanol–water partition coefficient (Wildman–Crippen LogP) is 2.22. The first-order valence-corrected chi connectivity index (χ1v) is 3.35. The zero-order chi connectivity index (χ0) is 7.44. The summed E-state index contributed by atoms with van der Waals surface area (Å²) in [5.41, 5.74) is 1.09. The standard InChI is InChI=1S/C7H15BO/c1-6(2)7(3)9-8(4)5/h7H,1H2,2-5H3. The van der Waals surface area contributed by atoms with Crippen LogP contribution in [-0.2, 0) is 4.65 Å². The molecule has 0 aliphatic heterocycles. The molecule has 0 spiro atoms. The summed E-state index contributed by atoms with van der Waals surface area (Å²) in [6.45, 7) is 12.1. The van der Waals surface area contributed by atoms with Crippen LogP contribution in [0.3, 0.4) is 0 Å². The fourth-order valence-corrected chi connectivity index (χ4v) is 0.524. The highest BCUT2D eigenvalue weighted by molar-refractivity contribution is 6.48. The first-order chi connectivity index (χ1) is 4.04. The molecular formula is C7H15BO. The summed E-state index contributed by atoms with van der Waals surface area (Å²) in [4.78, 5) is 0. The Labute approximate surface area is 58.2 Å². The molecule has 2 heteroatoms. The average molecular weight is 126 g/mol. The lowest BCUT2D eigenvalue weighted by molar-refractivity contribution is 0.264. The summed E-state index contributed by atoms with van der Waals surface area (Å²) in [6.07, 6.45) is 0.199. The van der Waals surface area contributed by atoms with E-state index < -0.39 is 0 Å². The zero-order valence-corrected chi connectivity index (χ0v) is 6.77. The second-order valence-electron chi connectivity index (χ2n) is 2.67. The van der Waals surface area contributed by atoms with E-state index in [0.29, 0.717) is 6.92 Å². The van der Waals surface area contributed by atoms with Crippen molar-refractivity contribution in [3.63, 3.8) is 0 Å². The van der Waals surface area contributed by atoms with E-state index in [-0.39, 0.29) is 6.10 Å². The monoisotopic (exact) mass is 126 g/mol. The van der Waals surface area contributed by atoms with Crippen molar-refractivity contribution in [1.29, 1.82) is 0 Å². The largest absolute Gasteiger partial charge is 0.431 e. The van der Waals surface area contributed by atoms with Gasteiger partial charge >= 0.3 is 0 Å². The molecule has 0 aromatic heterocycles. The summed E-state index contributed by atoms with van der Waals surface area (Å²) >= 11 is 0. The van der Waals surface area contributed by atoms with Crippen molar-refractivity contribution in [3.05, 3.63) is 12.2 Å². The Kier molecular flexibility index (Phi) is 3.63. The molecule has 0 amide bonds. The molecule has 52 valence electrons. The lowest BCUT2D eigenvalue weighted by atomic mass is 9.75. The molecule has 0 N–H and O–H groups in total. The van der Waals surface area contributed by atoms with Gasteiger partial charge in [0.1, 0.15) is 0 Å². The minimum atomic E-state index is 0.199. The number of hydrogen-bond acceptors (Lipinski definition) is 1. The van der Waals surface area contributed by atoms with Crippen molar-refractivity contribution in [2.45, 2.75) is 33.6 Å². The molecule has 0 aromatic carbocycles. The van der Waals surface area contributed by atoms with Crippen molar-refractivity contribution < 1.29 is 4.65 Å². The molecule has 0 saturated carbocycles. The van der Waals surface area contributed by atoms with E-state index in [1.807, 2.05) is 27.5 Å². The Morgan fingerprint density at radius 1 is 1.56 bits per heavy atom. The van der Waals surface area contributed by atoms with Crippen molar-refractivity contribution in [2.24, 2.45) is 0 Å². The molecule has 0 saturated heterocycles. The second kappa shape index (κ2) is 3.73. The lowest BCUT2D eigenvalue weighted by Gasteiger charge is -2.13. The van der Waals surface area contributed by atoms with Crippen LogP contribution in [-0.4, -0.2) is 13.0 Å². The highest BCUT2D eigenvalue weighted by Crippen LogP contribution is 2.03. The molecule has 0 aliphatic rings. The van der Waals surface area contributed by atoms with Gasteiger partial charge in [0.05, 0.1) is 6.10 Å². The Balaban J connectivity index is 3.50. The smallest absolute Gasteiger partial charge is 0.287 e. The van der Waals surface area contributed by atoms with Crippen LogP contribution in [0.1, 0.15) is 13.8 Å². The first kappa shape index (κ1) is 8.76. The van der Waals surface area contributed by atoms with E-state index in [1.165, 1.54) is 0 Å².